The monoisotopic (exact) mass is 238 g/mol. The van der Waals surface area contributed by atoms with Crippen LogP contribution < -0.4 is 10.2 Å². The summed E-state index contributed by atoms with van der Waals surface area (Å²) in [5.74, 6) is -0.777. The third-order valence-corrected chi connectivity index (χ3v) is 2.46. The van der Waals surface area contributed by atoms with Crippen LogP contribution in [0.25, 0.3) is 0 Å². The van der Waals surface area contributed by atoms with Crippen LogP contribution in [0.5, 0.6) is 0 Å². The average molecular weight is 238 g/mol. The highest BCUT2D eigenvalue weighted by Gasteiger charge is 2.20. The van der Waals surface area contributed by atoms with Crippen LogP contribution in [-0.4, -0.2) is 32.1 Å². The number of nitrogens with zero attached hydrogens (tertiary/aromatic N) is 1. The predicted octanol–water partition coefficient (Wildman–Crippen LogP) is 0.757. The molecule has 0 aliphatic carbocycles. The van der Waals surface area contributed by atoms with Crippen molar-refractivity contribution in [2.45, 2.75) is 0 Å². The number of nitrogens with one attached hydrogen (secondary N) is 1. The van der Waals surface area contributed by atoms with Gasteiger partial charge in [-0.25, -0.2) is 4.39 Å². The van der Waals surface area contributed by atoms with Crippen molar-refractivity contribution in [1.29, 1.82) is 0 Å². The number of hydrogen-bond donors (Lipinski definition) is 1. The highest BCUT2D eigenvalue weighted by Crippen LogP contribution is 2.22. The summed E-state index contributed by atoms with van der Waals surface area (Å²) in [6.07, 6.45) is 0.401. The minimum atomic E-state index is -0.575. The molecule has 0 spiro atoms. The maximum absolute atomic E-state index is 13.5. The molecule has 90 valence electrons. The molecule has 0 atom stereocenters. The molecular weight excluding hydrogens is 227 g/mol. The molecule has 1 fully saturated rings. The molecule has 1 N–H and O–H groups in total. The second-order valence-corrected chi connectivity index (χ2v) is 3.52. The van der Waals surface area contributed by atoms with Gasteiger partial charge in [-0.2, -0.15) is 0 Å². The van der Waals surface area contributed by atoms with Crippen molar-refractivity contribution in [3.63, 3.8) is 0 Å². The zero-order chi connectivity index (χ0) is 12.3. The molecule has 0 bridgehead atoms. The van der Waals surface area contributed by atoms with Crippen LogP contribution in [0.15, 0.2) is 18.2 Å². The molecule has 0 radical (unpaired) electrons. The lowest BCUT2D eigenvalue weighted by molar-refractivity contribution is -0.125. The Morgan fingerprint density at radius 1 is 1.47 bits per heavy atom. The number of morpholine rings is 1. The molecule has 17 heavy (non-hydrogen) atoms. The first-order valence-corrected chi connectivity index (χ1v) is 5.10. The predicted molar refractivity (Wildman–Crippen MR) is 59.3 cm³/mol. The van der Waals surface area contributed by atoms with Crippen LogP contribution in [-0.2, 0) is 14.3 Å². The Labute approximate surface area is 97.2 Å². The third-order valence-electron chi connectivity index (χ3n) is 2.46. The van der Waals surface area contributed by atoms with Gasteiger partial charge in [0.25, 0.3) is 5.91 Å². The molecule has 1 heterocycles. The topological polar surface area (TPSA) is 58.6 Å². The lowest BCUT2D eigenvalue weighted by Gasteiger charge is -2.27. The number of amides is 2. The number of benzene rings is 1. The van der Waals surface area contributed by atoms with Gasteiger partial charge in [-0.05, 0) is 18.2 Å². The van der Waals surface area contributed by atoms with Crippen molar-refractivity contribution in [2.75, 3.05) is 30.0 Å². The van der Waals surface area contributed by atoms with E-state index in [0.717, 1.165) is 0 Å². The van der Waals surface area contributed by atoms with Gasteiger partial charge in [0.2, 0.25) is 6.41 Å². The minimum absolute atomic E-state index is 0.00988. The lowest BCUT2D eigenvalue weighted by Crippen LogP contribution is -2.41. The number of ether oxygens (including phenoxy) is 1. The summed E-state index contributed by atoms with van der Waals surface area (Å²) in [7, 11) is 0. The van der Waals surface area contributed by atoms with E-state index in [-0.39, 0.29) is 18.2 Å². The van der Waals surface area contributed by atoms with E-state index in [1.807, 2.05) is 0 Å². The summed E-state index contributed by atoms with van der Waals surface area (Å²) in [6, 6.07) is 4.22. The number of carbonyl (C=O) groups excluding carboxylic acids is 2. The maximum atomic E-state index is 13.5. The Bertz CT molecular complexity index is 450. The normalized spacial score (nSPS) is 15.8. The van der Waals surface area contributed by atoms with Crippen molar-refractivity contribution in [2.24, 2.45) is 0 Å². The molecule has 0 saturated carbocycles. The van der Waals surface area contributed by atoms with Gasteiger partial charge in [0.1, 0.15) is 12.4 Å². The molecule has 6 heteroatoms. The fraction of sp³-hybridized carbons (Fsp3) is 0.273. The van der Waals surface area contributed by atoms with E-state index in [1.54, 1.807) is 6.07 Å². The number of halogens is 1. The Morgan fingerprint density at radius 2 is 2.29 bits per heavy atom. The van der Waals surface area contributed by atoms with Crippen LogP contribution in [0.1, 0.15) is 0 Å². The highest BCUT2D eigenvalue weighted by molar-refractivity contribution is 5.95. The molecule has 2 rings (SSSR count). The number of rotatable bonds is 3. The molecule has 1 aliphatic rings. The zero-order valence-corrected chi connectivity index (χ0v) is 8.98. The minimum Gasteiger partial charge on any atom is -0.370 e. The maximum Gasteiger partial charge on any atom is 0.253 e. The third kappa shape index (κ3) is 2.42. The van der Waals surface area contributed by atoms with Crippen molar-refractivity contribution in [3.05, 3.63) is 24.0 Å². The summed E-state index contributed by atoms with van der Waals surface area (Å²) in [5.41, 5.74) is 0.553. The fourth-order valence-corrected chi connectivity index (χ4v) is 1.64. The average Bonchev–Trinajstić information content (AvgIpc) is 2.33. The first-order valence-electron chi connectivity index (χ1n) is 5.10. The van der Waals surface area contributed by atoms with E-state index in [2.05, 4.69) is 5.32 Å². The number of anilines is 2. The van der Waals surface area contributed by atoms with Crippen LogP contribution in [0.4, 0.5) is 15.8 Å². The standard InChI is InChI=1S/C11H11FN2O3/c12-9-5-8(1-2-10(9)13-7-15)14-3-4-17-6-11(14)16/h1-2,5,7H,3-4,6H2,(H,13,15). The van der Waals surface area contributed by atoms with Gasteiger partial charge in [0.05, 0.1) is 12.3 Å². The van der Waals surface area contributed by atoms with Gasteiger partial charge in [-0.15, -0.1) is 0 Å². The summed E-state index contributed by atoms with van der Waals surface area (Å²) in [6.45, 7) is 0.844. The van der Waals surface area contributed by atoms with E-state index < -0.39 is 5.82 Å². The van der Waals surface area contributed by atoms with Gasteiger partial charge in [0, 0.05) is 12.2 Å². The number of carbonyl (C=O) groups is 2. The van der Waals surface area contributed by atoms with Crippen LogP contribution in [0.2, 0.25) is 0 Å². The lowest BCUT2D eigenvalue weighted by atomic mass is 10.2. The summed E-state index contributed by atoms with van der Waals surface area (Å²) in [5, 5.41) is 2.23. The molecule has 5 nitrogen and oxygen atoms in total. The Kier molecular flexibility index (Phi) is 3.34. The van der Waals surface area contributed by atoms with E-state index in [0.29, 0.717) is 25.2 Å². The van der Waals surface area contributed by atoms with Crippen LogP contribution in [0, 0.1) is 5.82 Å². The smallest absolute Gasteiger partial charge is 0.253 e. The Hall–Kier alpha value is -1.95. The summed E-state index contributed by atoms with van der Waals surface area (Å²) >= 11 is 0. The molecule has 1 aliphatic heterocycles. The van der Waals surface area contributed by atoms with E-state index in [1.165, 1.54) is 17.0 Å². The molecule has 1 saturated heterocycles. The zero-order valence-electron chi connectivity index (χ0n) is 8.98. The fourth-order valence-electron chi connectivity index (χ4n) is 1.64. The second kappa shape index (κ2) is 4.92. The van der Waals surface area contributed by atoms with Crippen molar-refractivity contribution in [3.8, 4) is 0 Å². The first kappa shape index (κ1) is 11.5. The van der Waals surface area contributed by atoms with Gasteiger partial charge in [-0.1, -0.05) is 0 Å². The van der Waals surface area contributed by atoms with Gasteiger partial charge >= 0.3 is 0 Å². The van der Waals surface area contributed by atoms with Crippen molar-refractivity contribution >= 4 is 23.7 Å². The van der Waals surface area contributed by atoms with Gasteiger partial charge in [0.15, 0.2) is 0 Å². The number of hydrogen-bond acceptors (Lipinski definition) is 3. The van der Waals surface area contributed by atoms with Crippen LogP contribution in [0.3, 0.4) is 0 Å². The van der Waals surface area contributed by atoms with Crippen LogP contribution >= 0.6 is 0 Å². The van der Waals surface area contributed by atoms with E-state index in [9.17, 15) is 14.0 Å². The largest absolute Gasteiger partial charge is 0.370 e. The summed E-state index contributed by atoms with van der Waals surface area (Å²) < 4.78 is 18.5. The molecule has 0 unspecified atom stereocenters. The molecule has 2 amide bonds. The SMILES string of the molecule is O=CNc1ccc(N2CCOCC2=O)cc1F. The molecule has 1 aromatic rings. The highest BCUT2D eigenvalue weighted by atomic mass is 19.1. The molecular formula is C11H11FN2O3. The van der Waals surface area contributed by atoms with Gasteiger partial charge in [-0.3, -0.25) is 9.59 Å². The van der Waals surface area contributed by atoms with Gasteiger partial charge < -0.3 is 15.0 Å². The Morgan fingerprint density at radius 3 is 2.94 bits per heavy atom. The first-order chi connectivity index (χ1) is 8.22. The molecule has 0 aromatic heterocycles. The molecule has 1 aromatic carbocycles. The summed E-state index contributed by atoms with van der Waals surface area (Å²) in [4.78, 5) is 23.2. The van der Waals surface area contributed by atoms with Crippen molar-refractivity contribution in [1.82, 2.24) is 0 Å². The quantitative estimate of drug-likeness (QED) is 0.791. The van der Waals surface area contributed by atoms with Crippen molar-refractivity contribution < 1.29 is 18.7 Å². The Balaban J connectivity index is 2.24. The second-order valence-electron chi connectivity index (χ2n) is 3.52. The van der Waals surface area contributed by atoms with E-state index in [4.69, 9.17) is 4.74 Å². The van der Waals surface area contributed by atoms with E-state index >= 15 is 0 Å².